The summed E-state index contributed by atoms with van der Waals surface area (Å²) in [6, 6.07) is 10.4. The van der Waals surface area contributed by atoms with Crippen LogP contribution in [0.1, 0.15) is 17.3 Å². The van der Waals surface area contributed by atoms with Crippen molar-refractivity contribution >= 4 is 0 Å². The lowest BCUT2D eigenvalue weighted by Gasteiger charge is -2.13. The average molecular weight is 246 g/mol. The van der Waals surface area contributed by atoms with Gasteiger partial charge in [-0.25, -0.2) is 0 Å². The van der Waals surface area contributed by atoms with Gasteiger partial charge in [-0.15, -0.1) is 0 Å². The van der Waals surface area contributed by atoms with Crippen LogP contribution >= 0.6 is 0 Å². The van der Waals surface area contributed by atoms with E-state index in [-0.39, 0.29) is 0 Å². The Labute approximate surface area is 107 Å². The van der Waals surface area contributed by atoms with Gasteiger partial charge in [0.25, 0.3) is 0 Å². The third-order valence-electron chi connectivity index (χ3n) is 2.72. The van der Waals surface area contributed by atoms with Gasteiger partial charge in [0, 0.05) is 6.54 Å². The molecule has 2 rings (SSSR count). The van der Waals surface area contributed by atoms with Crippen molar-refractivity contribution in [2.45, 2.75) is 19.5 Å². The zero-order chi connectivity index (χ0) is 12.8. The van der Waals surface area contributed by atoms with E-state index in [0.717, 1.165) is 13.0 Å². The molecule has 2 aromatic rings. The van der Waals surface area contributed by atoms with Gasteiger partial charge in [-0.2, -0.15) is 4.98 Å². The highest BCUT2D eigenvalue weighted by Crippen LogP contribution is 2.03. The molecule has 1 aromatic carbocycles. The van der Waals surface area contributed by atoms with Crippen LogP contribution in [-0.2, 0) is 19.5 Å². The summed E-state index contributed by atoms with van der Waals surface area (Å²) in [5.41, 5.74) is 6.75. The van der Waals surface area contributed by atoms with Crippen LogP contribution in [0.4, 0.5) is 0 Å². The summed E-state index contributed by atoms with van der Waals surface area (Å²) in [5, 5.41) is 3.87. The van der Waals surface area contributed by atoms with Crippen LogP contribution in [0.15, 0.2) is 34.9 Å². The highest BCUT2D eigenvalue weighted by molar-refractivity contribution is 5.14. The first-order chi connectivity index (χ1) is 8.78. The standard InChI is InChI=1S/C13H18N4O/c1-17(8-7-11-5-3-2-4-6-11)10-12-15-13(9-14)18-16-12/h2-6H,7-10,14H2,1H3. The van der Waals surface area contributed by atoms with Crippen LogP contribution in [0.25, 0.3) is 0 Å². The van der Waals surface area contributed by atoms with Gasteiger partial charge in [-0.05, 0) is 19.0 Å². The summed E-state index contributed by atoms with van der Waals surface area (Å²) in [4.78, 5) is 6.34. The summed E-state index contributed by atoms with van der Waals surface area (Å²) in [7, 11) is 2.04. The molecule has 0 radical (unpaired) electrons. The van der Waals surface area contributed by atoms with Crippen molar-refractivity contribution in [1.29, 1.82) is 0 Å². The molecule has 0 bridgehead atoms. The third kappa shape index (κ3) is 3.65. The number of aromatic nitrogens is 2. The van der Waals surface area contributed by atoms with Crippen LogP contribution < -0.4 is 5.73 Å². The molecule has 0 aliphatic heterocycles. The SMILES string of the molecule is CN(CCc1ccccc1)Cc1noc(CN)n1. The monoisotopic (exact) mass is 246 g/mol. The first kappa shape index (κ1) is 12.7. The Morgan fingerprint density at radius 2 is 2.06 bits per heavy atom. The van der Waals surface area contributed by atoms with E-state index in [1.807, 2.05) is 13.1 Å². The molecule has 5 nitrogen and oxygen atoms in total. The van der Waals surface area contributed by atoms with Crippen molar-refractivity contribution in [2.75, 3.05) is 13.6 Å². The maximum absolute atomic E-state index is 5.42. The lowest BCUT2D eigenvalue weighted by molar-refractivity contribution is 0.310. The summed E-state index contributed by atoms with van der Waals surface area (Å²) in [5.74, 6) is 1.17. The van der Waals surface area contributed by atoms with E-state index in [4.69, 9.17) is 10.3 Å². The number of benzene rings is 1. The minimum atomic E-state index is 0.292. The average Bonchev–Trinajstić information content (AvgIpc) is 2.85. The number of nitrogens with two attached hydrogens (primary N) is 1. The highest BCUT2D eigenvalue weighted by atomic mass is 16.5. The lowest BCUT2D eigenvalue weighted by atomic mass is 10.1. The second-order valence-electron chi connectivity index (χ2n) is 4.28. The van der Waals surface area contributed by atoms with E-state index in [0.29, 0.717) is 24.8 Å². The maximum atomic E-state index is 5.42. The second kappa shape index (κ2) is 6.28. The van der Waals surface area contributed by atoms with E-state index < -0.39 is 0 Å². The van der Waals surface area contributed by atoms with Gasteiger partial charge in [-0.3, -0.25) is 4.90 Å². The van der Waals surface area contributed by atoms with Crippen molar-refractivity contribution in [3.05, 3.63) is 47.6 Å². The van der Waals surface area contributed by atoms with Gasteiger partial charge in [-0.1, -0.05) is 35.5 Å². The fraction of sp³-hybridized carbons (Fsp3) is 0.385. The van der Waals surface area contributed by atoms with E-state index in [9.17, 15) is 0 Å². The van der Waals surface area contributed by atoms with Gasteiger partial charge in [0.2, 0.25) is 5.89 Å². The molecule has 1 heterocycles. The van der Waals surface area contributed by atoms with Crippen LogP contribution in [0.5, 0.6) is 0 Å². The third-order valence-corrected chi connectivity index (χ3v) is 2.72. The van der Waals surface area contributed by atoms with Crippen molar-refractivity contribution < 1.29 is 4.52 Å². The minimum Gasteiger partial charge on any atom is -0.338 e. The number of likely N-dealkylation sites (N-methyl/N-ethyl adjacent to an activating group) is 1. The second-order valence-corrected chi connectivity index (χ2v) is 4.28. The molecule has 0 aliphatic rings. The van der Waals surface area contributed by atoms with Crippen molar-refractivity contribution in [3.8, 4) is 0 Å². The van der Waals surface area contributed by atoms with Crippen molar-refractivity contribution in [3.63, 3.8) is 0 Å². The first-order valence-corrected chi connectivity index (χ1v) is 6.02. The van der Waals surface area contributed by atoms with Crippen molar-refractivity contribution in [2.24, 2.45) is 5.73 Å². The van der Waals surface area contributed by atoms with Crippen LogP contribution in [0, 0.1) is 0 Å². The van der Waals surface area contributed by atoms with E-state index in [2.05, 4.69) is 39.3 Å². The van der Waals surface area contributed by atoms with Crippen LogP contribution in [0.2, 0.25) is 0 Å². The molecule has 0 spiro atoms. The lowest BCUT2D eigenvalue weighted by Crippen LogP contribution is -2.21. The van der Waals surface area contributed by atoms with Gasteiger partial charge in [0.1, 0.15) is 0 Å². The number of rotatable bonds is 6. The molecule has 0 unspecified atom stereocenters. The Morgan fingerprint density at radius 3 is 2.72 bits per heavy atom. The topological polar surface area (TPSA) is 68.2 Å². The summed E-state index contributed by atoms with van der Waals surface area (Å²) >= 11 is 0. The van der Waals surface area contributed by atoms with Crippen LogP contribution in [0.3, 0.4) is 0 Å². The van der Waals surface area contributed by atoms with Gasteiger partial charge in [0.05, 0.1) is 13.1 Å². The van der Waals surface area contributed by atoms with E-state index in [1.54, 1.807) is 0 Å². The zero-order valence-corrected chi connectivity index (χ0v) is 10.5. The smallest absolute Gasteiger partial charge is 0.240 e. The molecule has 18 heavy (non-hydrogen) atoms. The molecule has 2 N–H and O–H groups in total. The van der Waals surface area contributed by atoms with Crippen molar-refractivity contribution in [1.82, 2.24) is 15.0 Å². The molecule has 96 valence electrons. The van der Waals surface area contributed by atoms with Gasteiger partial charge in [0.15, 0.2) is 5.82 Å². The van der Waals surface area contributed by atoms with Gasteiger partial charge >= 0.3 is 0 Å². The minimum absolute atomic E-state index is 0.292. The largest absolute Gasteiger partial charge is 0.338 e. The fourth-order valence-corrected chi connectivity index (χ4v) is 1.72. The quantitative estimate of drug-likeness (QED) is 0.829. The molecule has 0 fully saturated rings. The summed E-state index contributed by atoms with van der Waals surface area (Å²) in [6.07, 6.45) is 1.01. The predicted molar refractivity (Wildman–Crippen MR) is 68.7 cm³/mol. The Morgan fingerprint density at radius 1 is 1.28 bits per heavy atom. The first-order valence-electron chi connectivity index (χ1n) is 6.02. The molecule has 0 aliphatic carbocycles. The summed E-state index contributed by atoms with van der Waals surface area (Å²) < 4.78 is 4.96. The van der Waals surface area contributed by atoms with E-state index >= 15 is 0 Å². The fourth-order valence-electron chi connectivity index (χ4n) is 1.72. The van der Waals surface area contributed by atoms with E-state index in [1.165, 1.54) is 5.56 Å². The Balaban J connectivity index is 1.80. The number of hydrogen-bond donors (Lipinski definition) is 1. The summed E-state index contributed by atoms with van der Waals surface area (Å²) in [6.45, 7) is 1.92. The normalized spacial score (nSPS) is 11.1. The molecule has 0 atom stereocenters. The molecular weight excluding hydrogens is 228 g/mol. The van der Waals surface area contributed by atoms with Crippen LogP contribution in [-0.4, -0.2) is 28.6 Å². The number of hydrogen-bond acceptors (Lipinski definition) is 5. The molecule has 0 amide bonds. The predicted octanol–water partition coefficient (Wildman–Crippen LogP) is 1.20. The number of nitrogens with zero attached hydrogens (tertiary/aromatic N) is 3. The molecule has 1 aromatic heterocycles. The molecular formula is C13H18N4O. The Kier molecular flexibility index (Phi) is 4.44. The van der Waals surface area contributed by atoms with Gasteiger partial charge < -0.3 is 10.3 Å². The Hall–Kier alpha value is -1.72. The molecule has 5 heteroatoms. The molecule has 0 saturated carbocycles. The maximum Gasteiger partial charge on any atom is 0.240 e. The zero-order valence-electron chi connectivity index (χ0n) is 10.5. The Bertz CT molecular complexity index is 469. The molecule has 0 saturated heterocycles. The highest BCUT2D eigenvalue weighted by Gasteiger charge is 2.07.